The fourth-order valence-corrected chi connectivity index (χ4v) is 1.80. The van der Waals surface area contributed by atoms with Gasteiger partial charge in [0.15, 0.2) is 0 Å². The molecule has 0 aliphatic rings. The van der Waals surface area contributed by atoms with Gasteiger partial charge in [0, 0.05) is 5.39 Å². The van der Waals surface area contributed by atoms with Gasteiger partial charge in [0.1, 0.15) is 22.8 Å². The Morgan fingerprint density at radius 2 is 1.72 bits per heavy atom. The lowest BCUT2D eigenvalue weighted by atomic mass is 10.2. The van der Waals surface area contributed by atoms with Gasteiger partial charge in [0.2, 0.25) is 0 Å². The maximum Gasteiger partial charge on any atom is 0.145 e. The van der Waals surface area contributed by atoms with Crippen molar-refractivity contribution in [2.45, 2.75) is 13.8 Å². The summed E-state index contributed by atoms with van der Waals surface area (Å²) < 4.78 is 11.1. The van der Waals surface area contributed by atoms with Gasteiger partial charge in [-0.05, 0) is 38.1 Å². The molecule has 0 radical (unpaired) electrons. The number of hydrogen-bond acceptors (Lipinski definition) is 5. The zero-order valence-electron chi connectivity index (χ0n) is 10.6. The third-order valence-corrected chi connectivity index (χ3v) is 2.53. The number of nitrogen functional groups attached to an aromatic ring is 1. The van der Waals surface area contributed by atoms with Crippen molar-refractivity contribution in [3.05, 3.63) is 24.3 Å². The number of benzene rings is 1. The SMILES string of the molecule is CCOc1ccc(OCC)c2nc(NN)ccc12. The zero-order valence-corrected chi connectivity index (χ0v) is 10.6. The minimum absolute atomic E-state index is 0.588. The van der Waals surface area contributed by atoms with Crippen molar-refractivity contribution in [2.75, 3.05) is 18.6 Å². The summed E-state index contributed by atoms with van der Waals surface area (Å²) in [7, 11) is 0. The summed E-state index contributed by atoms with van der Waals surface area (Å²) in [5, 5.41) is 0.918. The lowest BCUT2D eigenvalue weighted by Crippen LogP contribution is -2.08. The van der Waals surface area contributed by atoms with Gasteiger partial charge in [0.05, 0.1) is 13.2 Å². The molecule has 0 amide bonds. The van der Waals surface area contributed by atoms with Gasteiger partial charge in [-0.1, -0.05) is 0 Å². The Labute approximate surface area is 106 Å². The molecule has 0 bridgehead atoms. The Bertz CT molecular complexity index is 543. The van der Waals surface area contributed by atoms with Crippen LogP contribution in [0.15, 0.2) is 24.3 Å². The molecule has 2 rings (SSSR count). The number of nitrogens with two attached hydrogens (primary N) is 1. The molecule has 0 atom stereocenters. The van der Waals surface area contributed by atoms with Crippen LogP contribution in [0.25, 0.3) is 10.9 Å². The monoisotopic (exact) mass is 247 g/mol. The molecule has 0 spiro atoms. The number of ether oxygens (including phenoxy) is 2. The highest BCUT2D eigenvalue weighted by molar-refractivity contribution is 5.91. The van der Waals surface area contributed by atoms with Gasteiger partial charge in [-0.15, -0.1) is 0 Å². The van der Waals surface area contributed by atoms with Gasteiger partial charge in [0.25, 0.3) is 0 Å². The van der Waals surface area contributed by atoms with Gasteiger partial charge < -0.3 is 14.9 Å². The van der Waals surface area contributed by atoms with Crippen LogP contribution in [0.4, 0.5) is 5.82 Å². The highest BCUT2D eigenvalue weighted by Gasteiger charge is 2.09. The number of fused-ring (bicyclic) bond motifs is 1. The van der Waals surface area contributed by atoms with Crippen molar-refractivity contribution in [2.24, 2.45) is 5.84 Å². The van der Waals surface area contributed by atoms with Crippen molar-refractivity contribution in [1.82, 2.24) is 4.98 Å². The van der Waals surface area contributed by atoms with Gasteiger partial charge >= 0.3 is 0 Å². The van der Waals surface area contributed by atoms with Crippen LogP contribution >= 0.6 is 0 Å². The average molecular weight is 247 g/mol. The fourth-order valence-electron chi connectivity index (χ4n) is 1.80. The first-order valence-electron chi connectivity index (χ1n) is 5.96. The minimum atomic E-state index is 0.588. The van der Waals surface area contributed by atoms with E-state index >= 15 is 0 Å². The second-order valence-corrected chi connectivity index (χ2v) is 3.66. The molecular formula is C13H17N3O2. The smallest absolute Gasteiger partial charge is 0.145 e. The van der Waals surface area contributed by atoms with Gasteiger partial charge in [-0.2, -0.15) is 0 Å². The van der Waals surface area contributed by atoms with Crippen molar-refractivity contribution >= 4 is 16.7 Å². The van der Waals surface area contributed by atoms with E-state index in [-0.39, 0.29) is 0 Å². The maximum absolute atomic E-state index is 5.58. The third-order valence-electron chi connectivity index (χ3n) is 2.53. The van der Waals surface area contributed by atoms with E-state index in [1.807, 2.05) is 32.0 Å². The number of pyridine rings is 1. The molecule has 1 aromatic heterocycles. The van der Waals surface area contributed by atoms with E-state index in [1.165, 1.54) is 0 Å². The van der Waals surface area contributed by atoms with Crippen LogP contribution < -0.4 is 20.7 Å². The number of hydrazine groups is 1. The number of aromatic nitrogens is 1. The summed E-state index contributed by atoms with van der Waals surface area (Å²) in [5.74, 6) is 7.50. The first kappa shape index (κ1) is 12.4. The molecule has 0 aliphatic carbocycles. The molecular weight excluding hydrogens is 230 g/mol. The Morgan fingerprint density at radius 1 is 1.06 bits per heavy atom. The third kappa shape index (κ3) is 2.31. The standard InChI is InChI=1S/C13H17N3O2/c1-3-17-10-6-7-11(18-4-2)13-9(10)5-8-12(15-13)16-14/h5-8H,3-4,14H2,1-2H3,(H,15,16). The Hall–Kier alpha value is -2.01. The van der Waals surface area contributed by atoms with Crippen LogP contribution in [0.2, 0.25) is 0 Å². The Kier molecular flexibility index (Phi) is 3.84. The molecule has 18 heavy (non-hydrogen) atoms. The van der Waals surface area contributed by atoms with Crippen LogP contribution in [-0.2, 0) is 0 Å². The molecule has 2 aromatic rings. The fraction of sp³-hybridized carbons (Fsp3) is 0.308. The van der Waals surface area contributed by atoms with E-state index in [0.717, 1.165) is 22.4 Å². The summed E-state index contributed by atoms with van der Waals surface area (Å²) in [6.45, 7) is 5.09. The maximum atomic E-state index is 5.58. The molecule has 5 heteroatoms. The molecule has 0 unspecified atom stereocenters. The number of nitrogens with one attached hydrogen (secondary N) is 1. The first-order chi connectivity index (χ1) is 8.80. The number of hydrogen-bond donors (Lipinski definition) is 2. The summed E-state index contributed by atoms with van der Waals surface area (Å²) >= 11 is 0. The molecule has 1 heterocycles. The number of nitrogens with zero attached hydrogens (tertiary/aromatic N) is 1. The number of anilines is 1. The molecule has 96 valence electrons. The molecule has 1 aromatic carbocycles. The lowest BCUT2D eigenvalue weighted by molar-refractivity contribution is 0.336. The molecule has 0 aliphatic heterocycles. The summed E-state index contributed by atoms with van der Waals surface area (Å²) in [6, 6.07) is 7.49. The summed E-state index contributed by atoms with van der Waals surface area (Å²) in [6.07, 6.45) is 0. The predicted molar refractivity (Wildman–Crippen MR) is 71.9 cm³/mol. The summed E-state index contributed by atoms with van der Waals surface area (Å²) in [5.41, 5.74) is 3.28. The van der Waals surface area contributed by atoms with E-state index in [4.69, 9.17) is 15.3 Å². The second-order valence-electron chi connectivity index (χ2n) is 3.66. The molecule has 0 fully saturated rings. The normalized spacial score (nSPS) is 10.4. The Morgan fingerprint density at radius 3 is 2.39 bits per heavy atom. The quantitative estimate of drug-likeness (QED) is 0.627. The van der Waals surface area contributed by atoms with Crippen LogP contribution in [0.3, 0.4) is 0 Å². The van der Waals surface area contributed by atoms with Crippen LogP contribution in [0.1, 0.15) is 13.8 Å². The van der Waals surface area contributed by atoms with E-state index < -0.39 is 0 Å². The number of rotatable bonds is 5. The van der Waals surface area contributed by atoms with Crippen LogP contribution in [0.5, 0.6) is 11.5 Å². The molecule has 3 N–H and O–H groups in total. The second kappa shape index (κ2) is 5.55. The van der Waals surface area contributed by atoms with Gasteiger partial charge in [-0.3, -0.25) is 0 Å². The molecule has 0 saturated heterocycles. The van der Waals surface area contributed by atoms with E-state index in [0.29, 0.717) is 19.0 Å². The summed E-state index contributed by atoms with van der Waals surface area (Å²) in [4.78, 5) is 4.41. The highest BCUT2D eigenvalue weighted by Crippen LogP contribution is 2.32. The van der Waals surface area contributed by atoms with Gasteiger partial charge in [-0.25, -0.2) is 10.8 Å². The largest absolute Gasteiger partial charge is 0.493 e. The van der Waals surface area contributed by atoms with E-state index in [1.54, 1.807) is 6.07 Å². The van der Waals surface area contributed by atoms with Crippen LogP contribution in [0, 0.1) is 0 Å². The van der Waals surface area contributed by atoms with Crippen molar-refractivity contribution < 1.29 is 9.47 Å². The van der Waals surface area contributed by atoms with E-state index in [9.17, 15) is 0 Å². The highest BCUT2D eigenvalue weighted by atomic mass is 16.5. The average Bonchev–Trinajstić information content (AvgIpc) is 2.41. The molecule has 0 saturated carbocycles. The van der Waals surface area contributed by atoms with Crippen molar-refractivity contribution in [1.29, 1.82) is 0 Å². The van der Waals surface area contributed by atoms with E-state index in [2.05, 4.69) is 10.4 Å². The predicted octanol–water partition coefficient (Wildman–Crippen LogP) is 2.32. The Balaban J connectivity index is 2.61. The first-order valence-corrected chi connectivity index (χ1v) is 5.96. The topological polar surface area (TPSA) is 69.4 Å². The lowest BCUT2D eigenvalue weighted by Gasteiger charge is -2.12. The van der Waals surface area contributed by atoms with Crippen molar-refractivity contribution in [3.63, 3.8) is 0 Å². The zero-order chi connectivity index (χ0) is 13.0. The minimum Gasteiger partial charge on any atom is -0.493 e. The van der Waals surface area contributed by atoms with Crippen LogP contribution in [-0.4, -0.2) is 18.2 Å². The molecule has 5 nitrogen and oxygen atoms in total. The van der Waals surface area contributed by atoms with Crippen molar-refractivity contribution in [3.8, 4) is 11.5 Å².